The van der Waals surface area contributed by atoms with Crippen LogP contribution in [-0.4, -0.2) is 10.9 Å². The second-order valence-corrected chi connectivity index (χ2v) is 4.15. The number of hydrogen-bond donors (Lipinski definition) is 1. The molecule has 0 radical (unpaired) electrons. The molecular formula is C13H12F2O2. The molecule has 2 nitrogen and oxygen atoms in total. The lowest BCUT2D eigenvalue weighted by Gasteiger charge is -2.17. The molecule has 1 aromatic carbocycles. The Morgan fingerprint density at radius 2 is 2.06 bits per heavy atom. The highest BCUT2D eigenvalue weighted by atomic mass is 19.2. The van der Waals surface area contributed by atoms with Crippen molar-refractivity contribution in [2.75, 3.05) is 0 Å². The van der Waals surface area contributed by atoms with Crippen LogP contribution in [0.25, 0.3) is 0 Å². The van der Waals surface area contributed by atoms with Gasteiger partial charge in [-0.1, -0.05) is 12.1 Å². The summed E-state index contributed by atoms with van der Waals surface area (Å²) in [6.07, 6.45) is 2.10. The van der Waals surface area contributed by atoms with Crippen LogP contribution in [0.4, 0.5) is 8.78 Å². The number of halogens is 2. The van der Waals surface area contributed by atoms with Gasteiger partial charge in [0, 0.05) is 18.8 Å². The molecule has 1 aliphatic rings. The van der Waals surface area contributed by atoms with Crippen molar-refractivity contribution in [3.8, 4) is 0 Å². The quantitative estimate of drug-likeness (QED) is 0.860. The van der Waals surface area contributed by atoms with E-state index < -0.39 is 17.6 Å². The summed E-state index contributed by atoms with van der Waals surface area (Å²) in [6, 6.07) is 3.89. The summed E-state index contributed by atoms with van der Waals surface area (Å²) >= 11 is 0. The third-order valence-corrected chi connectivity index (χ3v) is 2.91. The highest BCUT2D eigenvalue weighted by molar-refractivity contribution is 5.84. The summed E-state index contributed by atoms with van der Waals surface area (Å²) in [5.74, 6) is -2.30. The lowest BCUT2D eigenvalue weighted by Crippen LogP contribution is -2.20. The van der Waals surface area contributed by atoms with Gasteiger partial charge in [0.05, 0.1) is 5.76 Å². The average molecular weight is 238 g/mol. The van der Waals surface area contributed by atoms with E-state index in [1.807, 2.05) is 0 Å². The zero-order chi connectivity index (χ0) is 12.4. The predicted molar refractivity (Wildman–Crippen MR) is 58.5 cm³/mol. The van der Waals surface area contributed by atoms with Crippen molar-refractivity contribution in [1.29, 1.82) is 0 Å². The Morgan fingerprint density at radius 1 is 1.29 bits per heavy atom. The van der Waals surface area contributed by atoms with E-state index in [-0.39, 0.29) is 29.9 Å². The van der Waals surface area contributed by atoms with Crippen molar-refractivity contribution in [1.82, 2.24) is 0 Å². The van der Waals surface area contributed by atoms with Crippen molar-refractivity contribution in [2.24, 2.45) is 5.92 Å². The lowest BCUT2D eigenvalue weighted by atomic mass is 9.88. The maximum atomic E-state index is 13.4. The molecule has 0 spiro atoms. The molecular weight excluding hydrogens is 226 g/mol. The standard InChI is InChI=1S/C13H12F2O2/c14-11-3-1-2-8(13(11)15)6-9-7-10(16)4-5-12(9)17/h1-3,7,9,16H,4-6H2. The monoisotopic (exact) mass is 238 g/mol. The predicted octanol–water partition coefficient (Wildman–Crippen LogP) is 2.93. The molecule has 1 aromatic rings. The van der Waals surface area contributed by atoms with Gasteiger partial charge in [-0.25, -0.2) is 8.78 Å². The molecule has 0 saturated carbocycles. The second kappa shape index (κ2) is 4.65. The Hall–Kier alpha value is -1.71. The molecule has 17 heavy (non-hydrogen) atoms. The Balaban J connectivity index is 2.23. The molecule has 1 atom stereocenters. The zero-order valence-electron chi connectivity index (χ0n) is 9.12. The first-order chi connectivity index (χ1) is 8.08. The van der Waals surface area contributed by atoms with Crippen molar-refractivity contribution < 1.29 is 18.7 Å². The van der Waals surface area contributed by atoms with E-state index in [0.717, 1.165) is 6.07 Å². The summed E-state index contributed by atoms with van der Waals surface area (Å²) in [5, 5.41) is 9.34. The van der Waals surface area contributed by atoms with E-state index in [1.54, 1.807) is 0 Å². The number of hydrogen-bond acceptors (Lipinski definition) is 2. The number of Topliss-reactive ketones (excluding diaryl/α,β-unsaturated/α-hetero) is 1. The molecule has 0 amide bonds. The number of aliphatic hydroxyl groups is 1. The minimum atomic E-state index is -0.918. The van der Waals surface area contributed by atoms with Crippen LogP contribution in [-0.2, 0) is 11.2 Å². The van der Waals surface area contributed by atoms with Crippen molar-refractivity contribution >= 4 is 5.78 Å². The minimum absolute atomic E-state index is 0.0496. The first-order valence-corrected chi connectivity index (χ1v) is 5.43. The van der Waals surface area contributed by atoms with Gasteiger partial charge in [0.25, 0.3) is 0 Å². The molecule has 2 rings (SSSR count). The third kappa shape index (κ3) is 2.52. The van der Waals surface area contributed by atoms with E-state index in [9.17, 15) is 18.7 Å². The average Bonchev–Trinajstić information content (AvgIpc) is 2.30. The summed E-state index contributed by atoms with van der Waals surface area (Å²) in [4.78, 5) is 11.6. The molecule has 0 heterocycles. The molecule has 0 saturated heterocycles. The Kier molecular flexibility index (Phi) is 3.22. The topological polar surface area (TPSA) is 37.3 Å². The SMILES string of the molecule is O=C1CCC(O)=CC1Cc1cccc(F)c1F. The number of benzene rings is 1. The highest BCUT2D eigenvalue weighted by Gasteiger charge is 2.23. The third-order valence-electron chi connectivity index (χ3n) is 2.91. The van der Waals surface area contributed by atoms with Crippen molar-refractivity contribution in [3.05, 3.63) is 47.2 Å². The van der Waals surface area contributed by atoms with E-state index in [4.69, 9.17) is 0 Å². The summed E-state index contributed by atoms with van der Waals surface area (Å²) < 4.78 is 26.4. The largest absolute Gasteiger partial charge is 0.513 e. The van der Waals surface area contributed by atoms with Gasteiger partial charge in [0.15, 0.2) is 11.6 Å². The molecule has 1 N–H and O–H groups in total. The van der Waals surface area contributed by atoms with Crippen LogP contribution >= 0.6 is 0 Å². The molecule has 90 valence electrons. The van der Waals surface area contributed by atoms with Crippen LogP contribution in [0.1, 0.15) is 18.4 Å². The molecule has 1 aliphatic carbocycles. The fraction of sp³-hybridized carbons (Fsp3) is 0.308. The number of carbonyl (C=O) groups is 1. The normalized spacial score (nSPS) is 20.2. The van der Waals surface area contributed by atoms with Gasteiger partial charge in [-0.2, -0.15) is 0 Å². The first kappa shape index (κ1) is 11.8. The van der Waals surface area contributed by atoms with Crippen LogP contribution < -0.4 is 0 Å². The maximum absolute atomic E-state index is 13.4. The molecule has 4 heteroatoms. The first-order valence-electron chi connectivity index (χ1n) is 5.43. The zero-order valence-corrected chi connectivity index (χ0v) is 9.12. The number of allylic oxidation sites excluding steroid dienone is 2. The summed E-state index contributed by atoms with van der Waals surface area (Å²) in [5.41, 5.74) is 0.161. The van der Waals surface area contributed by atoms with Crippen LogP contribution in [0.15, 0.2) is 30.0 Å². The van der Waals surface area contributed by atoms with Gasteiger partial charge < -0.3 is 5.11 Å². The van der Waals surface area contributed by atoms with Crippen LogP contribution in [0.5, 0.6) is 0 Å². The highest BCUT2D eigenvalue weighted by Crippen LogP contribution is 2.23. The van der Waals surface area contributed by atoms with Gasteiger partial charge in [0.2, 0.25) is 0 Å². The molecule has 0 fully saturated rings. The Bertz CT molecular complexity index is 480. The van der Waals surface area contributed by atoms with E-state index in [1.165, 1.54) is 18.2 Å². The van der Waals surface area contributed by atoms with E-state index in [0.29, 0.717) is 6.42 Å². The molecule has 1 unspecified atom stereocenters. The van der Waals surface area contributed by atoms with Crippen LogP contribution in [0.2, 0.25) is 0 Å². The Labute approximate surface area is 97.6 Å². The fourth-order valence-electron chi connectivity index (χ4n) is 1.96. The Morgan fingerprint density at radius 3 is 2.82 bits per heavy atom. The van der Waals surface area contributed by atoms with Gasteiger partial charge in [-0.15, -0.1) is 0 Å². The fourth-order valence-corrected chi connectivity index (χ4v) is 1.96. The number of aliphatic hydroxyl groups excluding tert-OH is 1. The van der Waals surface area contributed by atoms with Crippen LogP contribution in [0, 0.1) is 17.6 Å². The lowest BCUT2D eigenvalue weighted by molar-refractivity contribution is -0.122. The van der Waals surface area contributed by atoms with Gasteiger partial charge in [-0.3, -0.25) is 4.79 Å². The second-order valence-electron chi connectivity index (χ2n) is 4.15. The van der Waals surface area contributed by atoms with Gasteiger partial charge in [-0.05, 0) is 24.1 Å². The minimum Gasteiger partial charge on any atom is -0.513 e. The molecule has 0 aliphatic heterocycles. The van der Waals surface area contributed by atoms with Gasteiger partial charge >= 0.3 is 0 Å². The van der Waals surface area contributed by atoms with Crippen molar-refractivity contribution in [3.63, 3.8) is 0 Å². The van der Waals surface area contributed by atoms with E-state index >= 15 is 0 Å². The summed E-state index contributed by atoms with van der Waals surface area (Å²) in [7, 11) is 0. The smallest absolute Gasteiger partial charge is 0.162 e. The number of rotatable bonds is 2. The van der Waals surface area contributed by atoms with E-state index in [2.05, 4.69) is 0 Å². The van der Waals surface area contributed by atoms with Gasteiger partial charge in [0.1, 0.15) is 5.78 Å². The number of carbonyl (C=O) groups excluding carboxylic acids is 1. The maximum Gasteiger partial charge on any atom is 0.162 e. The van der Waals surface area contributed by atoms with Crippen molar-refractivity contribution in [2.45, 2.75) is 19.3 Å². The number of ketones is 1. The van der Waals surface area contributed by atoms with Crippen LogP contribution in [0.3, 0.4) is 0 Å². The molecule has 0 bridgehead atoms. The summed E-state index contributed by atoms with van der Waals surface area (Å²) in [6.45, 7) is 0. The molecule has 0 aromatic heterocycles.